The van der Waals surface area contributed by atoms with E-state index in [1.165, 1.54) is 18.2 Å². The number of carbonyl (C=O) groups excluding carboxylic acids is 1. The number of aliphatic imine (C=N–C) groups is 1. The summed E-state index contributed by atoms with van der Waals surface area (Å²) in [6.45, 7) is 0.228. The molecule has 1 amide bonds. The molecule has 5 N–H and O–H groups in total. The molecule has 0 aliphatic rings. The fourth-order valence-electron chi connectivity index (χ4n) is 1.94. The van der Waals surface area contributed by atoms with Gasteiger partial charge in [0.1, 0.15) is 24.3 Å². The number of benzene rings is 1. The van der Waals surface area contributed by atoms with Crippen LogP contribution in [0.25, 0.3) is 0 Å². The average Bonchev–Trinajstić information content (AvgIpc) is 2.56. The number of aliphatic hydroxyl groups excluding tert-OH is 1. The number of nitrogens with two attached hydrogens (primary N) is 1. The largest absolute Gasteiger partial charge is 0.491 e. The standard InChI is InChI=1S/C15H20FN5O3/c16-11-3-1-4-12(7-11)24-8-14(23)13(21-10-22)5-2-6-19-15(18)20-9-17/h1,3-4,7,10,13-14,23H,2,5-6,8H2,(H,21,22)(H3,18,19,20). The SMILES string of the molecule is N#CNC(N)=NCCCC(NC=O)C(O)COc1cccc(F)c1. The van der Waals surface area contributed by atoms with Crippen molar-refractivity contribution in [2.75, 3.05) is 13.2 Å². The van der Waals surface area contributed by atoms with Crippen molar-refractivity contribution in [2.45, 2.75) is 25.0 Å². The number of hydrogen-bond acceptors (Lipinski definition) is 5. The summed E-state index contributed by atoms with van der Waals surface area (Å²) < 4.78 is 18.4. The zero-order valence-electron chi connectivity index (χ0n) is 13.0. The molecule has 24 heavy (non-hydrogen) atoms. The van der Waals surface area contributed by atoms with Crippen molar-refractivity contribution in [3.05, 3.63) is 30.1 Å². The predicted octanol–water partition coefficient (Wildman–Crippen LogP) is -0.154. The first-order valence-electron chi connectivity index (χ1n) is 7.28. The van der Waals surface area contributed by atoms with Gasteiger partial charge >= 0.3 is 0 Å². The number of ether oxygens (including phenoxy) is 1. The van der Waals surface area contributed by atoms with Crippen LogP contribution in [0.5, 0.6) is 5.75 Å². The van der Waals surface area contributed by atoms with Gasteiger partial charge in [0, 0.05) is 12.6 Å². The zero-order chi connectivity index (χ0) is 17.8. The Labute approximate surface area is 139 Å². The summed E-state index contributed by atoms with van der Waals surface area (Å²) in [6.07, 6.45) is 2.11. The van der Waals surface area contributed by atoms with E-state index in [1.807, 2.05) is 0 Å². The molecule has 8 nitrogen and oxygen atoms in total. The molecule has 0 heterocycles. The highest BCUT2D eigenvalue weighted by Gasteiger charge is 2.19. The van der Waals surface area contributed by atoms with Crippen molar-refractivity contribution >= 4 is 12.4 Å². The number of nitrogens with one attached hydrogen (secondary N) is 2. The van der Waals surface area contributed by atoms with Gasteiger partial charge in [-0.2, -0.15) is 5.26 Å². The van der Waals surface area contributed by atoms with Gasteiger partial charge in [-0.05, 0) is 25.0 Å². The fourth-order valence-corrected chi connectivity index (χ4v) is 1.94. The minimum atomic E-state index is -0.975. The molecule has 0 fully saturated rings. The Bertz CT molecular complexity index is 591. The third-order valence-corrected chi connectivity index (χ3v) is 3.10. The average molecular weight is 337 g/mol. The third kappa shape index (κ3) is 7.42. The van der Waals surface area contributed by atoms with Crippen LogP contribution in [0.2, 0.25) is 0 Å². The van der Waals surface area contributed by atoms with Crippen LogP contribution >= 0.6 is 0 Å². The summed E-state index contributed by atoms with van der Waals surface area (Å²) in [6, 6.07) is 5.01. The van der Waals surface area contributed by atoms with Gasteiger partial charge in [0.2, 0.25) is 12.4 Å². The van der Waals surface area contributed by atoms with Crippen LogP contribution in [0.4, 0.5) is 4.39 Å². The summed E-state index contributed by atoms with van der Waals surface area (Å²) in [5.41, 5.74) is 5.39. The molecule has 0 saturated carbocycles. The Kier molecular flexibility index (Phi) is 8.63. The highest BCUT2D eigenvalue weighted by atomic mass is 19.1. The lowest BCUT2D eigenvalue weighted by atomic mass is 10.1. The highest BCUT2D eigenvalue weighted by Crippen LogP contribution is 2.13. The topological polar surface area (TPSA) is 133 Å². The molecule has 0 aromatic heterocycles. The number of guanidine groups is 1. The number of rotatable bonds is 10. The van der Waals surface area contributed by atoms with E-state index in [0.29, 0.717) is 31.5 Å². The summed E-state index contributed by atoms with van der Waals surface area (Å²) in [4.78, 5) is 14.6. The molecule has 0 saturated heterocycles. The highest BCUT2D eigenvalue weighted by molar-refractivity contribution is 5.79. The first kappa shape index (κ1) is 19.2. The van der Waals surface area contributed by atoms with Crippen LogP contribution in [0.1, 0.15) is 12.8 Å². The van der Waals surface area contributed by atoms with E-state index in [9.17, 15) is 14.3 Å². The zero-order valence-corrected chi connectivity index (χ0v) is 13.0. The summed E-state index contributed by atoms with van der Waals surface area (Å²) in [5, 5.41) is 23.2. The molecule has 1 aromatic carbocycles. The maximum absolute atomic E-state index is 13.0. The number of halogens is 1. The van der Waals surface area contributed by atoms with Gasteiger partial charge in [-0.15, -0.1) is 0 Å². The molecule has 130 valence electrons. The Morgan fingerprint density at radius 2 is 2.38 bits per heavy atom. The van der Waals surface area contributed by atoms with Crippen molar-refractivity contribution in [3.8, 4) is 11.9 Å². The van der Waals surface area contributed by atoms with Crippen LogP contribution in [-0.4, -0.2) is 42.8 Å². The lowest BCUT2D eigenvalue weighted by Crippen LogP contribution is -2.42. The molecular formula is C15H20FN5O3. The third-order valence-electron chi connectivity index (χ3n) is 3.10. The van der Waals surface area contributed by atoms with E-state index < -0.39 is 18.0 Å². The second-order valence-corrected chi connectivity index (χ2v) is 4.87. The van der Waals surface area contributed by atoms with E-state index in [-0.39, 0.29) is 12.6 Å². The molecule has 0 aliphatic heterocycles. The Balaban J connectivity index is 2.43. The van der Waals surface area contributed by atoms with Crippen LogP contribution in [0.15, 0.2) is 29.3 Å². The molecule has 0 bridgehead atoms. The molecule has 9 heteroatoms. The monoisotopic (exact) mass is 337 g/mol. The Morgan fingerprint density at radius 1 is 1.58 bits per heavy atom. The van der Waals surface area contributed by atoms with Crippen molar-refractivity contribution in [1.82, 2.24) is 10.6 Å². The molecule has 0 radical (unpaired) electrons. The molecule has 1 aromatic rings. The smallest absolute Gasteiger partial charge is 0.207 e. The van der Waals surface area contributed by atoms with Crippen LogP contribution in [0.3, 0.4) is 0 Å². The van der Waals surface area contributed by atoms with E-state index in [0.717, 1.165) is 0 Å². The lowest BCUT2D eigenvalue weighted by Gasteiger charge is -2.22. The van der Waals surface area contributed by atoms with E-state index >= 15 is 0 Å². The number of hydrogen-bond donors (Lipinski definition) is 4. The van der Waals surface area contributed by atoms with Gasteiger partial charge in [-0.1, -0.05) is 6.07 Å². The summed E-state index contributed by atoms with van der Waals surface area (Å²) in [7, 11) is 0. The van der Waals surface area contributed by atoms with Gasteiger partial charge in [0.25, 0.3) is 0 Å². The summed E-state index contributed by atoms with van der Waals surface area (Å²) in [5.74, 6) is -0.141. The van der Waals surface area contributed by atoms with E-state index in [1.54, 1.807) is 12.3 Å². The van der Waals surface area contributed by atoms with Gasteiger partial charge in [-0.3, -0.25) is 15.1 Å². The lowest BCUT2D eigenvalue weighted by molar-refractivity contribution is -0.111. The van der Waals surface area contributed by atoms with Crippen LogP contribution < -0.4 is 21.1 Å². The first-order valence-corrected chi connectivity index (χ1v) is 7.28. The first-order chi connectivity index (χ1) is 11.6. The fraction of sp³-hybridized carbons (Fsp3) is 0.400. The van der Waals surface area contributed by atoms with Crippen molar-refractivity contribution in [3.63, 3.8) is 0 Å². The van der Waals surface area contributed by atoms with Gasteiger partial charge in [0.05, 0.1) is 6.04 Å². The Morgan fingerprint density at radius 3 is 3.04 bits per heavy atom. The number of nitriles is 1. The molecule has 2 unspecified atom stereocenters. The second-order valence-electron chi connectivity index (χ2n) is 4.87. The normalized spacial score (nSPS) is 13.5. The summed E-state index contributed by atoms with van der Waals surface area (Å²) >= 11 is 0. The van der Waals surface area contributed by atoms with Gasteiger partial charge in [0.15, 0.2) is 6.19 Å². The van der Waals surface area contributed by atoms with Gasteiger partial charge < -0.3 is 20.9 Å². The molecular weight excluding hydrogens is 317 g/mol. The minimum absolute atomic E-state index is 0.00684. The van der Waals surface area contributed by atoms with Crippen LogP contribution in [-0.2, 0) is 4.79 Å². The van der Waals surface area contributed by atoms with E-state index in [4.69, 9.17) is 15.7 Å². The maximum atomic E-state index is 13.0. The second kappa shape index (κ2) is 10.8. The quantitative estimate of drug-likeness (QED) is 0.117. The molecule has 0 spiro atoms. The number of aliphatic hydroxyl groups is 1. The van der Waals surface area contributed by atoms with Crippen LogP contribution in [0, 0.1) is 17.3 Å². The minimum Gasteiger partial charge on any atom is -0.491 e. The molecule has 1 rings (SSSR count). The van der Waals surface area contributed by atoms with E-state index in [2.05, 4.69) is 15.6 Å². The van der Waals surface area contributed by atoms with Crippen molar-refractivity contribution < 1.29 is 19.0 Å². The molecule has 2 atom stereocenters. The predicted molar refractivity (Wildman–Crippen MR) is 85.4 cm³/mol. The number of carbonyl (C=O) groups is 1. The number of nitrogens with zero attached hydrogens (tertiary/aromatic N) is 2. The van der Waals surface area contributed by atoms with Crippen molar-refractivity contribution in [2.24, 2.45) is 10.7 Å². The Hall–Kier alpha value is -2.86. The van der Waals surface area contributed by atoms with Gasteiger partial charge in [-0.25, -0.2) is 4.39 Å². The molecule has 0 aliphatic carbocycles. The maximum Gasteiger partial charge on any atom is 0.207 e. The number of amides is 1. The van der Waals surface area contributed by atoms with Crippen molar-refractivity contribution in [1.29, 1.82) is 5.26 Å².